The van der Waals surface area contributed by atoms with Crippen molar-refractivity contribution in [3.63, 3.8) is 0 Å². The molecule has 0 spiro atoms. The van der Waals surface area contributed by atoms with Crippen molar-refractivity contribution in [1.29, 1.82) is 0 Å². The van der Waals surface area contributed by atoms with Crippen molar-refractivity contribution in [2.45, 2.75) is 26.1 Å². The molecule has 1 unspecified atom stereocenters. The topological polar surface area (TPSA) is 85.7 Å². The van der Waals surface area contributed by atoms with E-state index in [1.807, 2.05) is 31.2 Å². The van der Waals surface area contributed by atoms with Gasteiger partial charge < -0.3 is 10.1 Å². The number of rotatable bonds is 5. The van der Waals surface area contributed by atoms with Crippen molar-refractivity contribution in [3.05, 3.63) is 66.1 Å². The summed E-state index contributed by atoms with van der Waals surface area (Å²) in [6.45, 7) is 3.74. The summed E-state index contributed by atoms with van der Waals surface area (Å²) in [5.74, 6) is -0.133. The number of anilines is 1. The van der Waals surface area contributed by atoms with E-state index in [2.05, 4.69) is 30.2 Å². The molecular formula is C22H19F3N6O. The minimum atomic E-state index is -4.59. The van der Waals surface area contributed by atoms with Gasteiger partial charge in [0.1, 0.15) is 23.4 Å². The number of pyridine rings is 1. The van der Waals surface area contributed by atoms with Crippen LogP contribution >= 0.6 is 0 Å². The molecule has 32 heavy (non-hydrogen) atoms. The van der Waals surface area contributed by atoms with E-state index in [1.165, 1.54) is 6.33 Å². The first-order valence-electron chi connectivity index (χ1n) is 9.67. The van der Waals surface area contributed by atoms with Gasteiger partial charge in [0.25, 0.3) is 0 Å². The van der Waals surface area contributed by atoms with Gasteiger partial charge in [-0.2, -0.15) is 13.2 Å². The molecule has 3 heterocycles. The molecule has 4 aromatic rings. The standard InChI is InChI=1S/C22H19F3N6O/c1-12-4-5-17(26-8-12)14-6-16-19(18(7-14)32-3)29-11-30-20(16)31-13(2)15-9-27-21(28-10-15)22(23,24)25/h4-11,13H,1-3H3,(H,29,30,31). The van der Waals surface area contributed by atoms with Gasteiger partial charge in [0.15, 0.2) is 0 Å². The van der Waals surface area contributed by atoms with Crippen molar-refractivity contribution < 1.29 is 17.9 Å². The number of methoxy groups -OCH3 is 1. The van der Waals surface area contributed by atoms with Gasteiger partial charge in [0, 0.05) is 35.1 Å². The predicted octanol–water partition coefficient (Wildman–Crippen LogP) is 4.99. The van der Waals surface area contributed by atoms with Gasteiger partial charge in [-0.1, -0.05) is 6.07 Å². The van der Waals surface area contributed by atoms with Crippen molar-refractivity contribution in [1.82, 2.24) is 24.9 Å². The Kier molecular flexibility index (Phi) is 5.60. The number of ether oxygens (including phenoxy) is 1. The fourth-order valence-corrected chi connectivity index (χ4v) is 3.19. The Bertz CT molecular complexity index is 1240. The number of benzene rings is 1. The van der Waals surface area contributed by atoms with E-state index in [4.69, 9.17) is 4.74 Å². The lowest BCUT2D eigenvalue weighted by Gasteiger charge is -2.17. The van der Waals surface area contributed by atoms with Crippen molar-refractivity contribution >= 4 is 16.7 Å². The second-order valence-corrected chi connectivity index (χ2v) is 7.22. The molecule has 0 radical (unpaired) electrons. The Morgan fingerprint density at radius 3 is 2.34 bits per heavy atom. The fourth-order valence-electron chi connectivity index (χ4n) is 3.19. The highest BCUT2D eigenvalue weighted by Crippen LogP contribution is 2.34. The van der Waals surface area contributed by atoms with Crippen LogP contribution in [0.4, 0.5) is 19.0 Å². The van der Waals surface area contributed by atoms with Crippen LogP contribution in [-0.4, -0.2) is 32.0 Å². The molecule has 0 aliphatic heterocycles. The predicted molar refractivity (Wildman–Crippen MR) is 113 cm³/mol. The summed E-state index contributed by atoms with van der Waals surface area (Å²) in [5, 5.41) is 3.89. The third-order valence-electron chi connectivity index (χ3n) is 4.91. The van der Waals surface area contributed by atoms with Gasteiger partial charge in [-0.3, -0.25) is 4.98 Å². The molecule has 164 valence electrons. The molecule has 0 saturated carbocycles. The summed E-state index contributed by atoms with van der Waals surface area (Å²) >= 11 is 0. The molecule has 7 nitrogen and oxygen atoms in total. The monoisotopic (exact) mass is 440 g/mol. The van der Waals surface area contributed by atoms with E-state index in [9.17, 15) is 13.2 Å². The summed E-state index contributed by atoms with van der Waals surface area (Å²) in [6, 6.07) is 7.21. The highest BCUT2D eigenvalue weighted by atomic mass is 19.4. The van der Waals surface area contributed by atoms with Gasteiger partial charge >= 0.3 is 6.18 Å². The van der Waals surface area contributed by atoms with Gasteiger partial charge in [0.05, 0.1) is 18.8 Å². The van der Waals surface area contributed by atoms with Crippen LogP contribution in [0.25, 0.3) is 22.2 Å². The molecule has 1 atom stereocenters. The first-order chi connectivity index (χ1) is 15.3. The molecule has 0 bridgehead atoms. The van der Waals surface area contributed by atoms with Crippen LogP contribution in [0, 0.1) is 6.92 Å². The Hall–Kier alpha value is -3.82. The lowest BCUT2D eigenvalue weighted by atomic mass is 10.1. The van der Waals surface area contributed by atoms with E-state index in [-0.39, 0.29) is 0 Å². The Balaban J connectivity index is 1.72. The van der Waals surface area contributed by atoms with E-state index in [0.29, 0.717) is 28.0 Å². The molecule has 0 aliphatic carbocycles. The Morgan fingerprint density at radius 1 is 0.969 bits per heavy atom. The maximum Gasteiger partial charge on any atom is 0.451 e. The largest absolute Gasteiger partial charge is 0.494 e. The van der Waals surface area contributed by atoms with Crippen LogP contribution in [0.2, 0.25) is 0 Å². The van der Waals surface area contributed by atoms with E-state index >= 15 is 0 Å². The molecule has 4 rings (SSSR count). The number of fused-ring (bicyclic) bond motifs is 1. The van der Waals surface area contributed by atoms with Crippen LogP contribution in [-0.2, 0) is 6.18 Å². The minimum Gasteiger partial charge on any atom is -0.494 e. The average molecular weight is 440 g/mol. The average Bonchev–Trinajstić information content (AvgIpc) is 2.78. The molecular weight excluding hydrogens is 421 g/mol. The summed E-state index contributed by atoms with van der Waals surface area (Å²) in [4.78, 5) is 20.0. The summed E-state index contributed by atoms with van der Waals surface area (Å²) < 4.78 is 43.7. The molecule has 1 N–H and O–H groups in total. The van der Waals surface area contributed by atoms with E-state index in [0.717, 1.165) is 29.2 Å². The summed E-state index contributed by atoms with van der Waals surface area (Å²) in [6.07, 6.45) is 0.888. The van der Waals surface area contributed by atoms with Crippen LogP contribution in [0.5, 0.6) is 5.75 Å². The first kappa shape index (κ1) is 21.4. The lowest BCUT2D eigenvalue weighted by Crippen LogP contribution is -2.14. The smallest absolute Gasteiger partial charge is 0.451 e. The third-order valence-corrected chi connectivity index (χ3v) is 4.91. The lowest BCUT2D eigenvalue weighted by molar-refractivity contribution is -0.145. The highest BCUT2D eigenvalue weighted by Gasteiger charge is 2.34. The summed E-state index contributed by atoms with van der Waals surface area (Å²) in [7, 11) is 1.55. The zero-order valence-corrected chi connectivity index (χ0v) is 17.5. The normalized spacial score (nSPS) is 12.6. The minimum absolute atomic E-state index is 0.414. The van der Waals surface area contributed by atoms with E-state index < -0.39 is 18.0 Å². The van der Waals surface area contributed by atoms with E-state index in [1.54, 1.807) is 20.2 Å². The number of aryl methyl sites for hydroxylation is 1. The van der Waals surface area contributed by atoms with Crippen LogP contribution < -0.4 is 10.1 Å². The van der Waals surface area contributed by atoms with Crippen molar-refractivity contribution in [3.8, 4) is 17.0 Å². The van der Waals surface area contributed by atoms with Crippen molar-refractivity contribution in [2.24, 2.45) is 0 Å². The third kappa shape index (κ3) is 4.29. The zero-order chi connectivity index (χ0) is 22.9. The molecule has 0 aliphatic rings. The number of alkyl halides is 3. The second-order valence-electron chi connectivity index (χ2n) is 7.22. The number of hydrogen-bond donors (Lipinski definition) is 1. The molecule has 0 amide bonds. The summed E-state index contributed by atoms with van der Waals surface area (Å²) in [5.41, 5.74) is 3.69. The second kappa shape index (κ2) is 8.37. The number of aromatic nitrogens is 5. The van der Waals surface area contributed by atoms with Crippen LogP contribution in [0.15, 0.2) is 49.2 Å². The number of nitrogens with one attached hydrogen (secondary N) is 1. The fraction of sp³-hybridized carbons (Fsp3) is 0.227. The van der Waals surface area contributed by atoms with Gasteiger partial charge in [-0.05, 0) is 37.6 Å². The molecule has 3 aromatic heterocycles. The number of halogens is 3. The SMILES string of the molecule is COc1cc(-c2ccc(C)cn2)cc2c(NC(C)c3cnc(C(F)(F)F)nc3)ncnc12. The molecule has 0 saturated heterocycles. The number of hydrogen-bond acceptors (Lipinski definition) is 7. The van der Waals surface area contributed by atoms with Gasteiger partial charge in [-0.15, -0.1) is 0 Å². The number of nitrogens with zero attached hydrogens (tertiary/aromatic N) is 5. The Morgan fingerprint density at radius 2 is 1.72 bits per heavy atom. The first-order valence-corrected chi connectivity index (χ1v) is 9.67. The van der Waals surface area contributed by atoms with Gasteiger partial charge in [0.2, 0.25) is 5.82 Å². The maximum absolute atomic E-state index is 12.7. The molecule has 1 aromatic carbocycles. The highest BCUT2D eigenvalue weighted by molar-refractivity contribution is 5.96. The maximum atomic E-state index is 12.7. The molecule has 10 heteroatoms. The quantitative estimate of drug-likeness (QED) is 0.468. The van der Waals surface area contributed by atoms with Gasteiger partial charge in [-0.25, -0.2) is 19.9 Å². The molecule has 0 fully saturated rings. The van der Waals surface area contributed by atoms with Crippen LogP contribution in [0.3, 0.4) is 0 Å². The van der Waals surface area contributed by atoms with Crippen molar-refractivity contribution in [2.75, 3.05) is 12.4 Å². The van der Waals surface area contributed by atoms with Crippen LogP contribution in [0.1, 0.15) is 29.9 Å². The Labute approximate surface area is 181 Å². The zero-order valence-electron chi connectivity index (χ0n) is 17.5.